The lowest BCUT2D eigenvalue weighted by molar-refractivity contribution is -0.123. The highest BCUT2D eigenvalue weighted by molar-refractivity contribution is 5.78. The molecule has 0 saturated carbocycles. The molecule has 0 aromatic rings. The molecule has 19 heavy (non-hydrogen) atoms. The summed E-state index contributed by atoms with van der Waals surface area (Å²) < 4.78 is 0. The van der Waals surface area contributed by atoms with E-state index in [0.29, 0.717) is 18.5 Å². The summed E-state index contributed by atoms with van der Waals surface area (Å²) in [5.41, 5.74) is 0. The predicted molar refractivity (Wildman–Crippen MR) is 80.2 cm³/mol. The molecule has 1 heterocycles. The Morgan fingerprint density at radius 1 is 1.42 bits per heavy atom. The van der Waals surface area contributed by atoms with Gasteiger partial charge in [-0.1, -0.05) is 20.8 Å². The van der Waals surface area contributed by atoms with Crippen LogP contribution >= 0.6 is 0 Å². The Morgan fingerprint density at radius 2 is 2.16 bits per heavy atom. The minimum atomic E-state index is 0.160. The Bertz CT molecular complexity index is 262. The van der Waals surface area contributed by atoms with Crippen molar-refractivity contribution in [1.82, 2.24) is 15.5 Å². The first-order valence-electron chi connectivity index (χ1n) is 7.78. The van der Waals surface area contributed by atoms with Gasteiger partial charge in [0, 0.05) is 18.6 Å². The van der Waals surface area contributed by atoms with Crippen LogP contribution < -0.4 is 10.6 Å². The van der Waals surface area contributed by atoms with Gasteiger partial charge in [0.25, 0.3) is 0 Å². The van der Waals surface area contributed by atoms with E-state index >= 15 is 0 Å². The zero-order chi connectivity index (χ0) is 14.3. The second-order valence-corrected chi connectivity index (χ2v) is 6.13. The monoisotopic (exact) mass is 269 g/mol. The first kappa shape index (κ1) is 16.4. The maximum atomic E-state index is 12.0. The normalized spacial score (nSPS) is 21.1. The number of nitrogens with zero attached hydrogens (tertiary/aromatic N) is 1. The standard InChI is InChI=1S/C15H31N3O/c1-5-9-18(10-14-7-6-8-16-14)11-15(19)17-13(4)12(2)3/h12-14,16H,5-11H2,1-4H3,(H,17,19). The van der Waals surface area contributed by atoms with Gasteiger partial charge in [0.05, 0.1) is 6.54 Å². The van der Waals surface area contributed by atoms with E-state index in [9.17, 15) is 4.79 Å². The van der Waals surface area contributed by atoms with E-state index in [1.807, 2.05) is 0 Å². The molecule has 0 aromatic heterocycles. The molecule has 2 N–H and O–H groups in total. The molecule has 0 aromatic carbocycles. The number of hydrogen-bond acceptors (Lipinski definition) is 3. The quantitative estimate of drug-likeness (QED) is 0.704. The molecular formula is C15H31N3O. The predicted octanol–water partition coefficient (Wildman–Crippen LogP) is 1.61. The number of amides is 1. The van der Waals surface area contributed by atoms with Crippen LogP contribution in [0.15, 0.2) is 0 Å². The average Bonchev–Trinajstić information content (AvgIpc) is 2.81. The van der Waals surface area contributed by atoms with Crippen LogP contribution in [0.1, 0.15) is 47.0 Å². The minimum Gasteiger partial charge on any atom is -0.352 e. The number of hydrogen-bond donors (Lipinski definition) is 2. The Morgan fingerprint density at radius 3 is 2.68 bits per heavy atom. The summed E-state index contributed by atoms with van der Waals surface area (Å²) in [5.74, 6) is 0.646. The van der Waals surface area contributed by atoms with E-state index in [4.69, 9.17) is 0 Å². The first-order chi connectivity index (χ1) is 9.02. The topological polar surface area (TPSA) is 44.4 Å². The second-order valence-electron chi connectivity index (χ2n) is 6.13. The largest absolute Gasteiger partial charge is 0.352 e. The summed E-state index contributed by atoms with van der Waals surface area (Å²) in [4.78, 5) is 14.3. The van der Waals surface area contributed by atoms with Gasteiger partial charge >= 0.3 is 0 Å². The van der Waals surface area contributed by atoms with E-state index in [-0.39, 0.29) is 11.9 Å². The van der Waals surface area contributed by atoms with Crippen LogP contribution in [0.4, 0.5) is 0 Å². The summed E-state index contributed by atoms with van der Waals surface area (Å²) in [6.45, 7) is 12.2. The molecular weight excluding hydrogens is 238 g/mol. The molecule has 1 rings (SSSR count). The molecule has 112 valence electrons. The highest BCUT2D eigenvalue weighted by Crippen LogP contribution is 2.07. The first-order valence-corrected chi connectivity index (χ1v) is 7.78. The lowest BCUT2D eigenvalue weighted by Crippen LogP contribution is -2.46. The molecule has 2 atom stereocenters. The zero-order valence-corrected chi connectivity index (χ0v) is 13.0. The molecule has 0 radical (unpaired) electrons. The summed E-state index contributed by atoms with van der Waals surface area (Å²) >= 11 is 0. The molecule has 4 heteroatoms. The van der Waals surface area contributed by atoms with Gasteiger partial charge < -0.3 is 10.6 Å². The van der Waals surface area contributed by atoms with E-state index in [2.05, 4.69) is 43.2 Å². The van der Waals surface area contributed by atoms with Gasteiger partial charge in [0.1, 0.15) is 0 Å². The van der Waals surface area contributed by atoms with Crippen LogP contribution in [-0.2, 0) is 4.79 Å². The van der Waals surface area contributed by atoms with Crippen molar-refractivity contribution < 1.29 is 4.79 Å². The van der Waals surface area contributed by atoms with Gasteiger partial charge in [-0.3, -0.25) is 9.69 Å². The number of carbonyl (C=O) groups is 1. The van der Waals surface area contributed by atoms with E-state index in [1.54, 1.807) is 0 Å². The minimum absolute atomic E-state index is 0.160. The van der Waals surface area contributed by atoms with Gasteiger partial charge in [-0.25, -0.2) is 0 Å². The number of rotatable bonds is 8. The van der Waals surface area contributed by atoms with Gasteiger partial charge in [-0.2, -0.15) is 0 Å². The van der Waals surface area contributed by atoms with E-state index < -0.39 is 0 Å². The molecule has 0 aliphatic carbocycles. The summed E-state index contributed by atoms with van der Waals surface area (Å²) in [6.07, 6.45) is 3.60. The third-order valence-corrected chi connectivity index (χ3v) is 3.94. The van der Waals surface area contributed by atoms with Crippen molar-refractivity contribution in [1.29, 1.82) is 0 Å². The van der Waals surface area contributed by atoms with Crippen molar-refractivity contribution in [3.8, 4) is 0 Å². The highest BCUT2D eigenvalue weighted by atomic mass is 16.2. The average molecular weight is 269 g/mol. The molecule has 2 unspecified atom stereocenters. The van der Waals surface area contributed by atoms with Crippen LogP contribution in [0, 0.1) is 5.92 Å². The van der Waals surface area contributed by atoms with E-state index in [0.717, 1.165) is 26.1 Å². The van der Waals surface area contributed by atoms with Crippen molar-refractivity contribution in [3.05, 3.63) is 0 Å². The van der Waals surface area contributed by atoms with Crippen molar-refractivity contribution in [2.75, 3.05) is 26.2 Å². The molecule has 1 fully saturated rings. The molecule has 1 amide bonds. The molecule has 1 aliphatic rings. The Labute approximate surface area is 118 Å². The Balaban J connectivity index is 2.36. The molecule has 0 bridgehead atoms. The van der Waals surface area contributed by atoms with Crippen LogP contribution in [-0.4, -0.2) is 49.1 Å². The fourth-order valence-electron chi connectivity index (χ4n) is 2.44. The molecule has 1 saturated heterocycles. The SMILES string of the molecule is CCCN(CC(=O)NC(C)C(C)C)CC1CCCN1. The third-order valence-electron chi connectivity index (χ3n) is 3.94. The van der Waals surface area contributed by atoms with Gasteiger partial charge in [-0.05, 0) is 45.2 Å². The van der Waals surface area contributed by atoms with Crippen molar-refractivity contribution >= 4 is 5.91 Å². The van der Waals surface area contributed by atoms with Crippen LogP contribution in [0.2, 0.25) is 0 Å². The molecule has 0 spiro atoms. The Hall–Kier alpha value is -0.610. The van der Waals surface area contributed by atoms with Crippen LogP contribution in [0.25, 0.3) is 0 Å². The lowest BCUT2D eigenvalue weighted by atomic mass is 10.1. The van der Waals surface area contributed by atoms with Gasteiger partial charge in [0.2, 0.25) is 5.91 Å². The highest BCUT2D eigenvalue weighted by Gasteiger charge is 2.20. The van der Waals surface area contributed by atoms with Gasteiger partial charge in [0.15, 0.2) is 0 Å². The smallest absolute Gasteiger partial charge is 0.234 e. The summed E-state index contributed by atoms with van der Waals surface area (Å²) in [5, 5.41) is 6.60. The third kappa shape index (κ3) is 6.39. The number of nitrogens with one attached hydrogen (secondary N) is 2. The Kier molecular flexibility index (Phi) is 7.39. The molecule has 1 aliphatic heterocycles. The molecule has 4 nitrogen and oxygen atoms in total. The fourth-order valence-corrected chi connectivity index (χ4v) is 2.44. The van der Waals surface area contributed by atoms with Gasteiger partial charge in [-0.15, -0.1) is 0 Å². The zero-order valence-electron chi connectivity index (χ0n) is 13.0. The maximum Gasteiger partial charge on any atom is 0.234 e. The summed E-state index contributed by atoms with van der Waals surface area (Å²) in [7, 11) is 0. The fraction of sp³-hybridized carbons (Fsp3) is 0.933. The van der Waals surface area contributed by atoms with Crippen LogP contribution in [0.5, 0.6) is 0 Å². The summed E-state index contributed by atoms with van der Waals surface area (Å²) in [6, 6.07) is 0.822. The van der Waals surface area contributed by atoms with Crippen molar-refractivity contribution in [2.24, 2.45) is 5.92 Å². The number of carbonyl (C=O) groups excluding carboxylic acids is 1. The van der Waals surface area contributed by atoms with E-state index in [1.165, 1.54) is 12.8 Å². The van der Waals surface area contributed by atoms with Crippen LogP contribution in [0.3, 0.4) is 0 Å². The van der Waals surface area contributed by atoms with Crippen molar-refractivity contribution in [3.63, 3.8) is 0 Å². The second kappa shape index (κ2) is 8.54. The lowest BCUT2D eigenvalue weighted by Gasteiger charge is -2.26. The van der Waals surface area contributed by atoms with Crippen molar-refractivity contribution in [2.45, 2.75) is 59.0 Å². The maximum absolute atomic E-state index is 12.0.